The van der Waals surface area contributed by atoms with Crippen LogP contribution in [0.5, 0.6) is 0 Å². The van der Waals surface area contributed by atoms with Gasteiger partial charge < -0.3 is 14.9 Å². The third kappa shape index (κ3) is 3.37. The molecule has 5 heteroatoms. The number of rotatable bonds is 4. The molecule has 0 radical (unpaired) electrons. The molecule has 0 amide bonds. The molecule has 1 aliphatic rings. The van der Waals surface area contributed by atoms with Crippen molar-refractivity contribution < 1.29 is 0 Å². The van der Waals surface area contributed by atoms with E-state index >= 15 is 0 Å². The lowest BCUT2D eigenvalue weighted by atomic mass is 10.1. The van der Waals surface area contributed by atoms with E-state index in [2.05, 4.69) is 84.4 Å². The van der Waals surface area contributed by atoms with Crippen molar-refractivity contribution in [2.75, 3.05) is 37.6 Å². The number of anilines is 1. The van der Waals surface area contributed by atoms with Crippen LogP contribution in [0, 0.1) is 0 Å². The Morgan fingerprint density at radius 3 is 2.63 bits per heavy atom. The predicted octanol–water partition coefficient (Wildman–Crippen LogP) is 4.78. The Bertz CT molecular complexity index is 1070. The fourth-order valence-electron chi connectivity index (χ4n) is 4.10. The van der Waals surface area contributed by atoms with Gasteiger partial charge in [-0.2, -0.15) is 0 Å². The first-order chi connectivity index (χ1) is 13.3. The van der Waals surface area contributed by atoms with Crippen molar-refractivity contribution in [1.29, 1.82) is 0 Å². The first kappa shape index (κ1) is 16.9. The van der Waals surface area contributed by atoms with Crippen LogP contribution in [-0.2, 0) is 6.42 Å². The molecule has 0 aliphatic carbocycles. The molecule has 5 rings (SSSR count). The molecule has 27 heavy (non-hydrogen) atoms. The number of hydrogen-bond acceptors (Lipinski definition) is 2. The third-order valence-electron chi connectivity index (χ3n) is 5.70. The highest BCUT2D eigenvalue weighted by Gasteiger charge is 2.18. The molecule has 4 aromatic rings. The van der Waals surface area contributed by atoms with Gasteiger partial charge in [0.2, 0.25) is 0 Å². The molecular formula is C22H23BrN4. The highest BCUT2D eigenvalue weighted by Crippen LogP contribution is 2.24. The second-order valence-electron chi connectivity index (χ2n) is 7.33. The van der Waals surface area contributed by atoms with E-state index in [1.54, 1.807) is 0 Å². The van der Waals surface area contributed by atoms with E-state index in [1.165, 1.54) is 33.1 Å². The van der Waals surface area contributed by atoms with Gasteiger partial charge in [0.1, 0.15) is 0 Å². The normalized spacial score (nSPS) is 15.8. The number of aromatic amines is 2. The largest absolute Gasteiger partial charge is 0.369 e. The second-order valence-corrected chi connectivity index (χ2v) is 8.25. The molecule has 138 valence electrons. The highest BCUT2D eigenvalue weighted by molar-refractivity contribution is 9.10. The Kier molecular flexibility index (Phi) is 4.42. The summed E-state index contributed by atoms with van der Waals surface area (Å²) in [5.41, 5.74) is 5.18. The quantitative estimate of drug-likeness (QED) is 0.496. The van der Waals surface area contributed by atoms with Crippen LogP contribution in [0.3, 0.4) is 0 Å². The van der Waals surface area contributed by atoms with Crippen LogP contribution >= 0.6 is 15.9 Å². The first-order valence-corrected chi connectivity index (χ1v) is 10.4. The number of aromatic nitrogens is 2. The van der Waals surface area contributed by atoms with E-state index in [1.807, 2.05) is 6.20 Å². The van der Waals surface area contributed by atoms with E-state index < -0.39 is 0 Å². The van der Waals surface area contributed by atoms with Gasteiger partial charge in [-0.15, -0.1) is 0 Å². The van der Waals surface area contributed by atoms with Crippen LogP contribution in [-0.4, -0.2) is 47.6 Å². The zero-order chi connectivity index (χ0) is 18.2. The van der Waals surface area contributed by atoms with Crippen LogP contribution in [0.1, 0.15) is 5.56 Å². The first-order valence-electron chi connectivity index (χ1n) is 9.56. The van der Waals surface area contributed by atoms with E-state index in [-0.39, 0.29) is 0 Å². The minimum Gasteiger partial charge on any atom is -0.369 e. The van der Waals surface area contributed by atoms with Gasteiger partial charge in [0.15, 0.2) is 0 Å². The molecule has 2 aromatic heterocycles. The number of hydrogen-bond donors (Lipinski definition) is 2. The second kappa shape index (κ2) is 7.06. The van der Waals surface area contributed by atoms with Gasteiger partial charge in [-0.1, -0.05) is 15.9 Å². The Hall–Kier alpha value is -2.24. The third-order valence-corrected chi connectivity index (χ3v) is 6.19. The zero-order valence-corrected chi connectivity index (χ0v) is 16.8. The Morgan fingerprint density at radius 2 is 1.74 bits per heavy atom. The van der Waals surface area contributed by atoms with Gasteiger partial charge in [0, 0.05) is 77.1 Å². The average molecular weight is 423 g/mol. The van der Waals surface area contributed by atoms with Gasteiger partial charge in [-0.3, -0.25) is 4.90 Å². The standard InChI is InChI=1S/C22H23BrN4/c23-18-1-3-22-20(14-18)17(15-25-22)6-8-26-9-11-27(12-10-26)19-2-4-21-16(13-19)5-7-24-21/h1-5,7,13-15,24-25H,6,8-12H2. The summed E-state index contributed by atoms with van der Waals surface area (Å²) in [6, 6.07) is 15.3. The molecule has 2 aromatic carbocycles. The van der Waals surface area contributed by atoms with E-state index in [0.29, 0.717) is 0 Å². The number of halogens is 1. The Balaban J connectivity index is 1.21. The fourth-order valence-corrected chi connectivity index (χ4v) is 4.46. The molecule has 0 spiro atoms. The maximum absolute atomic E-state index is 3.59. The number of H-pyrrole nitrogens is 2. The van der Waals surface area contributed by atoms with Crippen LogP contribution in [0.15, 0.2) is 59.3 Å². The summed E-state index contributed by atoms with van der Waals surface area (Å²) in [4.78, 5) is 11.8. The SMILES string of the molecule is Brc1ccc2[nH]cc(CCN3CCN(c4ccc5[nH]ccc5c4)CC3)c2c1. The average Bonchev–Trinajstić information content (AvgIpc) is 3.32. The molecule has 0 unspecified atom stereocenters. The zero-order valence-electron chi connectivity index (χ0n) is 15.2. The van der Waals surface area contributed by atoms with Crippen molar-refractivity contribution >= 4 is 43.4 Å². The molecule has 4 nitrogen and oxygen atoms in total. The van der Waals surface area contributed by atoms with Crippen molar-refractivity contribution in [2.45, 2.75) is 6.42 Å². The molecule has 1 fully saturated rings. The summed E-state index contributed by atoms with van der Waals surface area (Å²) in [6.45, 7) is 5.54. The maximum Gasteiger partial charge on any atom is 0.0457 e. The highest BCUT2D eigenvalue weighted by atomic mass is 79.9. The lowest BCUT2D eigenvalue weighted by Gasteiger charge is -2.36. The summed E-state index contributed by atoms with van der Waals surface area (Å²) in [6.07, 6.45) is 5.26. The van der Waals surface area contributed by atoms with Crippen molar-refractivity contribution in [3.05, 3.63) is 64.9 Å². The van der Waals surface area contributed by atoms with Crippen LogP contribution in [0.4, 0.5) is 5.69 Å². The van der Waals surface area contributed by atoms with Crippen LogP contribution in [0.2, 0.25) is 0 Å². The number of nitrogens with zero attached hydrogens (tertiary/aromatic N) is 2. The van der Waals surface area contributed by atoms with E-state index in [0.717, 1.165) is 43.6 Å². The lowest BCUT2D eigenvalue weighted by molar-refractivity contribution is 0.261. The van der Waals surface area contributed by atoms with Crippen LogP contribution < -0.4 is 4.90 Å². The lowest BCUT2D eigenvalue weighted by Crippen LogP contribution is -2.46. The minimum absolute atomic E-state index is 1.09. The van der Waals surface area contributed by atoms with Crippen molar-refractivity contribution in [3.63, 3.8) is 0 Å². The van der Waals surface area contributed by atoms with Gasteiger partial charge in [-0.05, 0) is 54.4 Å². The van der Waals surface area contributed by atoms with Gasteiger partial charge in [0.25, 0.3) is 0 Å². The monoisotopic (exact) mass is 422 g/mol. The minimum atomic E-state index is 1.09. The van der Waals surface area contributed by atoms with Crippen LogP contribution in [0.25, 0.3) is 21.8 Å². The van der Waals surface area contributed by atoms with Gasteiger partial charge in [-0.25, -0.2) is 0 Å². The molecule has 0 bridgehead atoms. The van der Waals surface area contributed by atoms with Gasteiger partial charge in [0.05, 0.1) is 0 Å². The summed E-state index contributed by atoms with van der Waals surface area (Å²) >= 11 is 3.59. The molecule has 1 saturated heterocycles. The number of piperazine rings is 1. The molecule has 0 saturated carbocycles. The molecule has 3 heterocycles. The molecular weight excluding hydrogens is 400 g/mol. The van der Waals surface area contributed by atoms with Crippen molar-refractivity contribution in [2.24, 2.45) is 0 Å². The number of fused-ring (bicyclic) bond motifs is 2. The Morgan fingerprint density at radius 1 is 0.889 bits per heavy atom. The maximum atomic E-state index is 3.59. The fraction of sp³-hybridized carbons (Fsp3) is 0.273. The molecule has 2 N–H and O–H groups in total. The summed E-state index contributed by atoms with van der Waals surface area (Å²) in [7, 11) is 0. The van der Waals surface area contributed by atoms with Crippen molar-refractivity contribution in [1.82, 2.24) is 14.9 Å². The number of benzene rings is 2. The molecule has 1 aliphatic heterocycles. The predicted molar refractivity (Wildman–Crippen MR) is 117 cm³/mol. The topological polar surface area (TPSA) is 38.1 Å². The summed E-state index contributed by atoms with van der Waals surface area (Å²) in [5, 5.41) is 2.63. The Labute approximate surface area is 167 Å². The summed E-state index contributed by atoms with van der Waals surface area (Å²) in [5.74, 6) is 0. The van der Waals surface area contributed by atoms with Crippen molar-refractivity contribution in [3.8, 4) is 0 Å². The van der Waals surface area contributed by atoms with Gasteiger partial charge >= 0.3 is 0 Å². The smallest absolute Gasteiger partial charge is 0.0457 e. The summed E-state index contributed by atoms with van der Waals surface area (Å²) < 4.78 is 1.14. The molecule has 0 atom stereocenters. The van der Waals surface area contributed by atoms with E-state index in [4.69, 9.17) is 0 Å². The van der Waals surface area contributed by atoms with E-state index in [9.17, 15) is 0 Å². The number of nitrogens with one attached hydrogen (secondary N) is 2.